The van der Waals surface area contributed by atoms with E-state index in [1.165, 1.54) is 0 Å². The van der Waals surface area contributed by atoms with Crippen LogP contribution in [0.15, 0.2) is 24.5 Å². The average Bonchev–Trinajstić information content (AvgIpc) is 2.40. The lowest BCUT2D eigenvalue weighted by Crippen LogP contribution is -2.57. The minimum Gasteiger partial charge on any atom is -0.480 e. The molecule has 1 saturated heterocycles. The Morgan fingerprint density at radius 1 is 1.42 bits per heavy atom. The average molecular weight is 264 g/mol. The highest BCUT2D eigenvalue weighted by Gasteiger charge is 2.41. The van der Waals surface area contributed by atoms with Crippen molar-refractivity contribution < 1.29 is 19.4 Å². The van der Waals surface area contributed by atoms with E-state index in [-0.39, 0.29) is 12.3 Å². The molecular weight excluding hydrogens is 248 g/mol. The summed E-state index contributed by atoms with van der Waals surface area (Å²) in [7, 11) is 0. The van der Waals surface area contributed by atoms with Crippen molar-refractivity contribution in [1.82, 2.24) is 10.3 Å². The Morgan fingerprint density at radius 2 is 2.16 bits per heavy atom. The molecule has 0 spiro atoms. The largest absolute Gasteiger partial charge is 0.480 e. The number of rotatable bonds is 4. The lowest BCUT2D eigenvalue weighted by Gasteiger charge is -2.33. The zero-order valence-corrected chi connectivity index (χ0v) is 10.5. The normalized spacial score (nSPS) is 17.7. The molecule has 0 atom stereocenters. The number of carbonyl (C=O) groups excluding carboxylic acids is 1. The van der Waals surface area contributed by atoms with Crippen molar-refractivity contribution in [2.24, 2.45) is 0 Å². The van der Waals surface area contributed by atoms with Crippen LogP contribution in [0.1, 0.15) is 18.4 Å². The predicted molar refractivity (Wildman–Crippen MR) is 66.5 cm³/mol. The van der Waals surface area contributed by atoms with Crippen LogP contribution in [-0.2, 0) is 20.7 Å². The number of nitrogens with one attached hydrogen (secondary N) is 1. The van der Waals surface area contributed by atoms with Gasteiger partial charge in [-0.05, 0) is 11.6 Å². The van der Waals surface area contributed by atoms with E-state index in [1.54, 1.807) is 24.5 Å². The summed E-state index contributed by atoms with van der Waals surface area (Å²) in [4.78, 5) is 27.2. The zero-order chi connectivity index (χ0) is 13.7. The second kappa shape index (κ2) is 5.79. The summed E-state index contributed by atoms with van der Waals surface area (Å²) in [5, 5.41) is 12.0. The molecule has 1 aliphatic rings. The van der Waals surface area contributed by atoms with E-state index in [4.69, 9.17) is 4.74 Å². The summed E-state index contributed by atoms with van der Waals surface area (Å²) in [6.07, 6.45) is 3.93. The van der Waals surface area contributed by atoms with Crippen molar-refractivity contribution in [1.29, 1.82) is 0 Å². The number of ether oxygens (including phenoxy) is 1. The Bertz CT molecular complexity index is 455. The molecule has 0 aromatic carbocycles. The van der Waals surface area contributed by atoms with E-state index in [2.05, 4.69) is 10.3 Å². The molecule has 1 amide bonds. The van der Waals surface area contributed by atoms with Gasteiger partial charge in [0.15, 0.2) is 0 Å². The number of carboxylic acids is 1. The molecule has 0 radical (unpaired) electrons. The van der Waals surface area contributed by atoms with Gasteiger partial charge >= 0.3 is 5.97 Å². The first-order chi connectivity index (χ1) is 9.12. The Balaban J connectivity index is 2.01. The predicted octanol–water partition coefficient (Wildman–Crippen LogP) is 0.374. The number of aromatic nitrogens is 1. The minimum absolute atomic E-state index is 0.129. The first-order valence-corrected chi connectivity index (χ1v) is 6.13. The molecule has 1 aliphatic heterocycles. The van der Waals surface area contributed by atoms with Crippen molar-refractivity contribution in [3.63, 3.8) is 0 Å². The van der Waals surface area contributed by atoms with Crippen molar-refractivity contribution in [2.75, 3.05) is 13.2 Å². The van der Waals surface area contributed by atoms with E-state index in [0.29, 0.717) is 26.1 Å². The molecule has 0 unspecified atom stereocenters. The van der Waals surface area contributed by atoms with E-state index in [0.717, 1.165) is 5.56 Å². The Kier molecular flexibility index (Phi) is 4.11. The Morgan fingerprint density at radius 3 is 2.74 bits per heavy atom. The number of pyridine rings is 1. The molecule has 6 heteroatoms. The van der Waals surface area contributed by atoms with Crippen molar-refractivity contribution in [2.45, 2.75) is 24.8 Å². The van der Waals surface area contributed by atoms with E-state index < -0.39 is 11.5 Å². The summed E-state index contributed by atoms with van der Waals surface area (Å²) < 4.78 is 5.15. The highest BCUT2D eigenvalue weighted by atomic mass is 16.5. The van der Waals surface area contributed by atoms with Gasteiger partial charge in [-0.2, -0.15) is 0 Å². The van der Waals surface area contributed by atoms with E-state index in [1.807, 2.05) is 0 Å². The zero-order valence-electron chi connectivity index (χ0n) is 10.5. The number of hydrogen-bond donors (Lipinski definition) is 2. The van der Waals surface area contributed by atoms with Gasteiger partial charge in [0, 0.05) is 38.4 Å². The molecule has 6 nitrogen and oxygen atoms in total. The van der Waals surface area contributed by atoms with Crippen molar-refractivity contribution in [3.8, 4) is 0 Å². The third-order valence-electron chi connectivity index (χ3n) is 3.22. The fourth-order valence-electron chi connectivity index (χ4n) is 2.11. The fraction of sp³-hybridized carbons (Fsp3) is 0.462. The summed E-state index contributed by atoms with van der Waals surface area (Å²) in [6.45, 7) is 0.693. The highest BCUT2D eigenvalue weighted by Crippen LogP contribution is 2.21. The van der Waals surface area contributed by atoms with Gasteiger partial charge in [0.2, 0.25) is 5.91 Å². The second-order valence-electron chi connectivity index (χ2n) is 4.59. The summed E-state index contributed by atoms with van der Waals surface area (Å²) in [6, 6.07) is 3.52. The molecule has 2 N–H and O–H groups in total. The number of nitrogens with zero attached hydrogens (tertiary/aromatic N) is 1. The molecule has 102 valence electrons. The molecule has 2 heterocycles. The van der Waals surface area contributed by atoms with Gasteiger partial charge in [-0.3, -0.25) is 9.78 Å². The van der Waals surface area contributed by atoms with Crippen molar-refractivity contribution >= 4 is 11.9 Å². The molecule has 0 aliphatic carbocycles. The molecule has 1 aromatic heterocycles. The van der Waals surface area contributed by atoms with Crippen LogP contribution in [0.25, 0.3) is 0 Å². The van der Waals surface area contributed by atoms with Crippen LogP contribution in [0.4, 0.5) is 0 Å². The SMILES string of the molecule is O=C(Cc1cccnc1)NC1(C(=O)O)CCOCC1. The number of carbonyl (C=O) groups is 2. The van der Waals surface area contributed by atoms with Gasteiger partial charge in [-0.15, -0.1) is 0 Å². The van der Waals surface area contributed by atoms with Crippen LogP contribution in [0.5, 0.6) is 0 Å². The highest BCUT2D eigenvalue weighted by molar-refractivity contribution is 5.88. The molecule has 0 saturated carbocycles. The second-order valence-corrected chi connectivity index (χ2v) is 4.59. The summed E-state index contributed by atoms with van der Waals surface area (Å²) in [5.41, 5.74) is -0.440. The van der Waals surface area contributed by atoms with Crippen LogP contribution in [0.2, 0.25) is 0 Å². The monoisotopic (exact) mass is 264 g/mol. The lowest BCUT2D eigenvalue weighted by atomic mass is 9.90. The maximum atomic E-state index is 11.9. The van der Waals surface area contributed by atoms with Gasteiger partial charge in [-0.1, -0.05) is 6.07 Å². The quantitative estimate of drug-likeness (QED) is 0.820. The fourth-order valence-corrected chi connectivity index (χ4v) is 2.11. The van der Waals surface area contributed by atoms with E-state index in [9.17, 15) is 14.7 Å². The number of amides is 1. The molecule has 1 aromatic rings. The van der Waals surface area contributed by atoms with Crippen LogP contribution < -0.4 is 5.32 Å². The summed E-state index contributed by atoms with van der Waals surface area (Å²) in [5.74, 6) is -1.31. The number of aliphatic carboxylic acids is 1. The van der Waals surface area contributed by atoms with E-state index >= 15 is 0 Å². The third-order valence-corrected chi connectivity index (χ3v) is 3.22. The van der Waals surface area contributed by atoms with Gasteiger partial charge in [0.05, 0.1) is 6.42 Å². The maximum Gasteiger partial charge on any atom is 0.329 e. The number of carboxylic acid groups (broad SMARTS) is 1. The topological polar surface area (TPSA) is 88.5 Å². The van der Waals surface area contributed by atoms with Gasteiger partial charge in [0.25, 0.3) is 0 Å². The molecule has 1 fully saturated rings. The van der Waals surface area contributed by atoms with Crippen LogP contribution >= 0.6 is 0 Å². The van der Waals surface area contributed by atoms with Gasteiger partial charge in [-0.25, -0.2) is 4.79 Å². The molecular formula is C13H16N2O4. The molecule has 0 bridgehead atoms. The first kappa shape index (κ1) is 13.5. The first-order valence-electron chi connectivity index (χ1n) is 6.13. The third kappa shape index (κ3) is 3.29. The van der Waals surface area contributed by atoms with Crippen molar-refractivity contribution in [3.05, 3.63) is 30.1 Å². The minimum atomic E-state index is -1.20. The van der Waals surface area contributed by atoms with Crippen LogP contribution in [-0.4, -0.2) is 40.7 Å². The molecule has 19 heavy (non-hydrogen) atoms. The maximum absolute atomic E-state index is 11.9. The van der Waals surface area contributed by atoms with Gasteiger partial charge in [0.1, 0.15) is 5.54 Å². The Hall–Kier alpha value is -1.95. The summed E-state index contributed by atoms with van der Waals surface area (Å²) >= 11 is 0. The van der Waals surface area contributed by atoms with Crippen LogP contribution in [0.3, 0.4) is 0 Å². The Labute approximate surface area is 110 Å². The lowest BCUT2D eigenvalue weighted by molar-refractivity contribution is -0.152. The standard InChI is InChI=1S/C13H16N2O4/c16-11(8-10-2-1-5-14-9-10)15-13(12(17)18)3-6-19-7-4-13/h1-2,5,9H,3-4,6-8H2,(H,15,16)(H,17,18). The smallest absolute Gasteiger partial charge is 0.329 e. The van der Waals surface area contributed by atoms with Gasteiger partial charge < -0.3 is 15.2 Å². The number of hydrogen-bond acceptors (Lipinski definition) is 4. The van der Waals surface area contributed by atoms with Crippen LogP contribution in [0, 0.1) is 0 Å². The molecule has 2 rings (SSSR count).